The Kier molecular flexibility index (Phi) is 18.8. The van der Waals surface area contributed by atoms with E-state index in [0.717, 1.165) is 5.69 Å². The summed E-state index contributed by atoms with van der Waals surface area (Å²) in [6.45, 7) is 5.20. The molecular formula is C8H17BF4N2O2. The lowest BCUT2D eigenvalue weighted by Gasteiger charge is -2.00. The van der Waals surface area contributed by atoms with Gasteiger partial charge in [-0.05, 0) is 26.8 Å². The second-order valence-electron chi connectivity index (χ2n) is 2.77. The van der Waals surface area contributed by atoms with Crippen LogP contribution in [0.5, 0.6) is 0 Å². The largest absolute Gasteiger partial charge is 0.293 e. The van der Waals surface area contributed by atoms with Crippen molar-refractivity contribution >= 4 is 14.1 Å². The third kappa shape index (κ3) is 6.49. The number of hydrogen-bond donors (Lipinski definition) is 0. The summed E-state index contributed by atoms with van der Waals surface area (Å²) in [7, 11) is 0. The van der Waals surface area contributed by atoms with Crippen LogP contribution in [-0.2, 0) is 0 Å². The van der Waals surface area contributed by atoms with Crippen LogP contribution < -0.4 is 0 Å². The molecule has 0 fully saturated rings. The zero-order valence-electron chi connectivity index (χ0n) is 8.92. The van der Waals surface area contributed by atoms with Gasteiger partial charge in [0.15, 0.2) is 0 Å². The summed E-state index contributed by atoms with van der Waals surface area (Å²) in [5.74, 6) is 0. The maximum absolute atomic E-state index is 10.5. The molecule has 0 spiro atoms. The molecule has 0 radical (unpaired) electrons. The highest BCUT2D eigenvalue weighted by atomic mass is 19.0. The van der Waals surface area contributed by atoms with Gasteiger partial charge in [-0.1, -0.05) is 0 Å². The second kappa shape index (κ2) is 10.8. The molecule has 0 atom stereocenters. The molecule has 1 aromatic heterocycles. The van der Waals surface area contributed by atoms with Crippen LogP contribution in [0, 0.1) is 30.9 Å². The molecule has 0 N–H and O–H groups in total. The predicted octanol–water partition coefficient (Wildman–Crippen LogP) is 1.34. The average Bonchev–Trinajstić information content (AvgIpc) is 1.82. The zero-order chi connectivity index (χ0) is 9.30. The highest BCUT2D eigenvalue weighted by Gasteiger charge is 2.15. The second-order valence-corrected chi connectivity index (χ2v) is 2.77. The Hall–Kier alpha value is -1.67. The Labute approximate surface area is 97.6 Å². The quantitative estimate of drug-likeness (QED) is 0.331. The van der Waals surface area contributed by atoms with Gasteiger partial charge in [-0.2, -0.15) is 0 Å². The van der Waals surface area contributed by atoms with Crippen LogP contribution in [0.2, 0.25) is 0 Å². The Morgan fingerprint density at radius 2 is 1.53 bits per heavy atom. The van der Waals surface area contributed by atoms with Crippen LogP contribution >= 0.6 is 0 Å². The van der Waals surface area contributed by atoms with Gasteiger partial charge in [0.25, 0.3) is 5.69 Å². The summed E-state index contributed by atoms with van der Waals surface area (Å²) in [6.07, 6.45) is 0. The number of halogens is 4. The van der Waals surface area contributed by atoms with Crippen molar-refractivity contribution in [3.8, 4) is 0 Å². The number of aryl methyl sites for hydroxylation is 3. The number of hydrogen-bond acceptors (Lipinski definition) is 3. The lowest BCUT2D eigenvalue weighted by Crippen LogP contribution is -1.98. The van der Waals surface area contributed by atoms with E-state index >= 15 is 0 Å². The molecule has 0 aliphatic rings. The molecule has 0 saturated heterocycles. The smallest absolute Gasteiger partial charge is 0.269 e. The van der Waals surface area contributed by atoms with E-state index in [-0.39, 0.29) is 32.9 Å². The monoisotopic (exact) mass is 260 g/mol. The maximum Gasteiger partial charge on any atom is 0.293 e. The molecule has 1 heterocycles. The van der Waals surface area contributed by atoms with E-state index in [4.69, 9.17) is 0 Å². The third-order valence-corrected chi connectivity index (χ3v) is 1.67. The Bertz CT molecular complexity index is 329. The molecule has 1 rings (SSSR count). The molecule has 0 aromatic carbocycles. The van der Waals surface area contributed by atoms with Crippen molar-refractivity contribution in [2.45, 2.75) is 20.8 Å². The van der Waals surface area contributed by atoms with Gasteiger partial charge in [-0.15, -0.1) is 0 Å². The molecule has 0 unspecified atom stereocenters. The van der Waals surface area contributed by atoms with E-state index in [1.54, 1.807) is 19.9 Å². The van der Waals surface area contributed by atoms with E-state index < -0.39 is 4.92 Å². The van der Waals surface area contributed by atoms with Gasteiger partial charge < -0.3 is 0 Å². The van der Waals surface area contributed by atoms with Crippen LogP contribution in [-0.4, -0.2) is 18.3 Å². The highest BCUT2D eigenvalue weighted by Crippen LogP contribution is 2.20. The van der Waals surface area contributed by atoms with Crippen molar-refractivity contribution in [2.24, 2.45) is 0 Å². The minimum absolute atomic E-state index is 0. The fourth-order valence-corrected chi connectivity index (χ4v) is 1.29. The van der Waals surface area contributed by atoms with Crippen LogP contribution in [0.4, 0.5) is 24.5 Å². The van der Waals surface area contributed by atoms with Gasteiger partial charge in [-0.3, -0.25) is 33.9 Å². The minimum atomic E-state index is -0.392. The van der Waals surface area contributed by atoms with Gasteiger partial charge in [-0.25, -0.2) is 0 Å². The van der Waals surface area contributed by atoms with Crippen molar-refractivity contribution in [1.29, 1.82) is 0 Å². The molecule has 0 amide bonds. The van der Waals surface area contributed by atoms with Crippen molar-refractivity contribution in [3.63, 3.8) is 0 Å². The van der Waals surface area contributed by atoms with Gasteiger partial charge in [0.2, 0.25) is 0 Å². The topological polar surface area (TPSA) is 56.0 Å². The first-order valence-corrected chi connectivity index (χ1v) is 3.61. The number of pyridine rings is 1. The highest BCUT2D eigenvalue weighted by molar-refractivity contribution is 5.75. The SMILES string of the molecule is B.Cc1cc(C)c([N+](=O)[O-])c(C)n1.F.F.F.F. The van der Waals surface area contributed by atoms with Crippen LogP contribution in [0.15, 0.2) is 6.07 Å². The molecule has 0 saturated carbocycles. The Morgan fingerprint density at radius 1 is 1.12 bits per heavy atom. The average molecular weight is 260 g/mol. The zero-order valence-corrected chi connectivity index (χ0v) is 8.92. The van der Waals surface area contributed by atoms with Crippen molar-refractivity contribution in [1.82, 2.24) is 4.98 Å². The molecular weight excluding hydrogens is 243 g/mol. The lowest BCUT2D eigenvalue weighted by atomic mass is 10.2. The minimum Gasteiger partial charge on any atom is -0.269 e. The van der Waals surface area contributed by atoms with E-state index in [2.05, 4.69) is 4.98 Å². The first kappa shape index (κ1) is 29.5. The lowest BCUT2D eigenvalue weighted by molar-refractivity contribution is -0.386. The molecule has 102 valence electrons. The summed E-state index contributed by atoms with van der Waals surface area (Å²) in [5, 5.41) is 10.5. The Balaban J connectivity index is -0.0000000960. The fourth-order valence-electron chi connectivity index (χ4n) is 1.29. The first-order valence-electron chi connectivity index (χ1n) is 3.61. The van der Waals surface area contributed by atoms with E-state index in [1.807, 2.05) is 6.92 Å². The maximum atomic E-state index is 10.5. The fraction of sp³-hybridized carbons (Fsp3) is 0.375. The van der Waals surface area contributed by atoms with E-state index in [9.17, 15) is 10.1 Å². The van der Waals surface area contributed by atoms with Gasteiger partial charge >= 0.3 is 0 Å². The number of nitrogens with zero attached hydrogens (tertiary/aromatic N) is 2. The van der Waals surface area contributed by atoms with Crippen LogP contribution in [0.25, 0.3) is 0 Å². The molecule has 1 aromatic rings. The van der Waals surface area contributed by atoms with Gasteiger partial charge in [0, 0.05) is 11.3 Å². The van der Waals surface area contributed by atoms with Crippen LogP contribution in [0.3, 0.4) is 0 Å². The van der Waals surface area contributed by atoms with Gasteiger partial charge in [0.1, 0.15) is 5.69 Å². The molecule has 4 nitrogen and oxygen atoms in total. The summed E-state index contributed by atoms with van der Waals surface area (Å²) in [6, 6.07) is 1.71. The van der Waals surface area contributed by atoms with E-state index in [1.165, 1.54) is 0 Å². The first-order chi connectivity index (χ1) is 5.52. The van der Waals surface area contributed by atoms with Crippen molar-refractivity contribution in [3.05, 3.63) is 33.1 Å². The summed E-state index contributed by atoms with van der Waals surface area (Å²) in [5.41, 5.74) is 2.10. The number of nitro groups is 1. The summed E-state index contributed by atoms with van der Waals surface area (Å²) in [4.78, 5) is 14.1. The summed E-state index contributed by atoms with van der Waals surface area (Å²) < 4.78 is 0. The van der Waals surface area contributed by atoms with Crippen LogP contribution in [0.1, 0.15) is 17.0 Å². The molecule has 0 aliphatic heterocycles. The molecule has 17 heavy (non-hydrogen) atoms. The van der Waals surface area contributed by atoms with Gasteiger partial charge in [0.05, 0.1) is 13.3 Å². The van der Waals surface area contributed by atoms with Crippen molar-refractivity contribution in [2.75, 3.05) is 0 Å². The number of rotatable bonds is 1. The predicted molar refractivity (Wildman–Crippen MR) is 65.1 cm³/mol. The standard InChI is InChI=1S/C8H10N2O2.BH3.4FH/c1-5-4-6(2)9-7(3)8(5)10(11)12;;;;;/h4H,1-3H3;1H3;4*1H. The molecule has 9 heteroatoms. The van der Waals surface area contributed by atoms with E-state index in [0.29, 0.717) is 11.3 Å². The number of aromatic nitrogens is 1. The summed E-state index contributed by atoms with van der Waals surface area (Å²) >= 11 is 0. The van der Waals surface area contributed by atoms with Crippen molar-refractivity contribution < 1.29 is 23.7 Å². The normalized spacial score (nSPS) is 7.00. The molecule has 0 bridgehead atoms. The third-order valence-electron chi connectivity index (χ3n) is 1.67. The molecule has 0 aliphatic carbocycles. The Morgan fingerprint density at radius 3 is 1.82 bits per heavy atom.